The van der Waals surface area contributed by atoms with Crippen molar-refractivity contribution in [2.24, 2.45) is 0 Å². The summed E-state index contributed by atoms with van der Waals surface area (Å²) in [7, 11) is 0. The first kappa shape index (κ1) is 15.5. The molecule has 128 valence electrons. The van der Waals surface area contributed by atoms with Crippen LogP contribution in [0.25, 0.3) is 10.9 Å². The third-order valence-electron chi connectivity index (χ3n) is 4.27. The van der Waals surface area contributed by atoms with Gasteiger partial charge in [-0.15, -0.1) is 0 Å². The summed E-state index contributed by atoms with van der Waals surface area (Å²) < 4.78 is 12.5. The Kier molecular flexibility index (Phi) is 4.01. The molecule has 6 heteroatoms. The minimum atomic E-state index is -0.00608. The minimum absolute atomic E-state index is 0.00608. The summed E-state index contributed by atoms with van der Waals surface area (Å²) in [5.41, 5.74) is 3.24. The number of rotatable bonds is 5. The number of fused-ring (bicyclic) bond motifs is 2. The maximum atomic E-state index is 12.1. The highest BCUT2D eigenvalue weighted by Crippen LogP contribution is 2.32. The van der Waals surface area contributed by atoms with Gasteiger partial charge in [0.2, 0.25) is 12.7 Å². The smallest absolute Gasteiger partial charge is 0.231 e. The van der Waals surface area contributed by atoms with Crippen molar-refractivity contribution in [1.82, 2.24) is 15.1 Å². The van der Waals surface area contributed by atoms with E-state index in [2.05, 4.69) is 29.5 Å². The maximum Gasteiger partial charge on any atom is 0.231 e. The number of benzene rings is 2. The monoisotopic (exact) mass is 337 g/mol. The second-order valence-electron chi connectivity index (χ2n) is 6.14. The van der Waals surface area contributed by atoms with Gasteiger partial charge >= 0.3 is 0 Å². The van der Waals surface area contributed by atoms with Crippen molar-refractivity contribution in [2.45, 2.75) is 26.4 Å². The van der Waals surface area contributed by atoms with Crippen LogP contribution in [0.4, 0.5) is 0 Å². The Balaban J connectivity index is 1.33. The van der Waals surface area contributed by atoms with Gasteiger partial charge in [0.25, 0.3) is 0 Å². The molecule has 1 amide bonds. The van der Waals surface area contributed by atoms with Gasteiger partial charge in [0.15, 0.2) is 11.5 Å². The van der Waals surface area contributed by atoms with Gasteiger partial charge < -0.3 is 14.8 Å². The summed E-state index contributed by atoms with van der Waals surface area (Å²) in [6.45, 7) is 3.33. The summed E-state index contributed by atoms with van der Waals surface area (Å²) in [5.74, 6) is 1.47. The normalized spacial score (nSPS) is 12.5. The highest BCUT2D eigenvalue weighted by Gasteiger charge is 2.13. The molecule has 1 aliphatic rings. The molecule has 0 saturated carbocycles. The average Bonchev–Trinajstić information content (AvgIpc) is 3.23. The van der Waals surface area contributed by atoms with Gasteiger partial charge in [-0.1, -0.05) is 17.7 Å². The van der Waals surface area contributed by atoms with Crippen LogP contribution in [0, 0.1) is 6.92 Å². The Bertz CT molecular complexity index is 933. The van der Waals surface area contributed by atoms with Gasteiger partial charge in [-0.3, -0.25) is 9.48 Å². The maximum absolute atomic E-state index is 12.1. The van der Waals surface area contributed by atoms with Crippen LogP contribution >= 0.6 is 0 Å². The van der Waals surface area contributed by atoms with Crippen LogP contribution in [0.15, 0.2) is 42.6 Å². The molecule has 0 fully saturated rings. The number of aryl methyl sites for hydroxylation is 2. The van der Waals surface area contributed by atoms with Gasteiger partial charge in [0.1, 0.15) is 0 Å². The topological polar surface area (TPSA) is 65.4 Å². The zero-order valence-corrected chi connectivity index (χ0v) is 14.0. The van der Waals surface area contributed by atoms with Crippen LogP contribution in [-0.4, -0.2) is 22.5 Å². The fourth-order valence-electron chi connectivity index (χ4n) is 2.93. The molecule has 2 heterocycles. The van der Waals surface area contributed by atoms with Crippen LogP contribution in [0.1, 0.15) is 17.5 Å². The van der Waals surface area contributed by atoms with Gasteiger partial charge in [-0.05, 0) is 36.8 Å². The third kappa shape index (κ3) is 3.28. The molecular weight excluding hydrogens is 318 g/mol. The number of hydrogen-bond acceptors (Lipinski definition) is 4. The average molecular weight is 337 g/mol. The molecule has 25 heavy (non-hydrogen) atoms. The lowest BCUT2D eigenvalue weighted by Crippen LogP contribution is -2.24. The molecule has 6 nitrogen and oxygen atoms in total. The predicted molar refractivity (Wildman–Crippen MR) is 93.5 cm³/mol. The Morgan fingerprint density at radius 2 is 2.08 bits per heavy atom. The van der Waals surface area contributed by atoms with Crippen molar-refractivity contribution < 1.29 is 14.3 Å². The second-order valence-corrected chi connectivity index (χ2v) is 6.14. The number of amides is 1. The van der Waals surface area contributed by atoms with E-state index < -0.39 is 0 Å². The molecule has 1 N–H and O–H groups in total. The van der Waals surface area contributed by atoms with E-state index in [1.807, 2.05) is 35.1 Å². The predicted octanol–water partition coefficient (Wildman–Crippen LogP) is 2.78. The molecule has 2 aromatic carbocycles. The van der Waals surface area contributed by atoms with E-state index in [-0.39, 0.29) is 12.7 Å². The fraction of sp³-hybridized carbons (Fsp3) is 0.263. The SMILES string of the molecule is Cc1ccc2c(cnn2CCC(=O)NCc2ccc3c(c2)OCO3)c1. The number of hydrogen-bond donors (Lipinski definition) is 1. The molecule has 0 saturated heterocycles. The summed E-state index contributed by atoms with van der Waals surface area (Å²) >= 11 is 0. The zero-order valence-electron chi connectivity index (χ0n) is 14.0. The quantitative estimate of drug-likeness (QED) is 0.777. The zero-order chi connectivity index (χ0) is 17.2. The van der Waals surface area contributed by atoms with Crippen molar-refractivity contribution in [3.8, 4) is 11.5 Å². The van der Waals surface area contributed by atoms with Crippen LogP contribution in [0.3, 0.4) is 0 Å². The number of aromatic nitrogens is 2. The lowest BCUT2D eigenvalue weighted by molar-refractivity contribution is -0.121. The Morgan fingerprint density at radius 3 is 3.00 bits per heavy atom. The Labute approximate surface area is 145 Å². The summed E-state index contributed by atoms with van der Waals surface area (Å²) in [5, 5.41) is 8.40. The highest BCUT2D eigenvalue weighted by molar-refractivity contribution is 5.80. The van der Waals surface area contributed by atoms with Gasteiger partial charge in [0.05, 0.1) is 18.3 Å². The second kappa shape index (κ2) is 6.47. The minimum Gasteiger partial charge on any atom is -0.454 e. The van der Waals surface area contributed by atoms with Crippen molar-refractivity contribution in [3.63, 3.8) is 0 Å². The first-order valence-electron chi connectivity index (χ1n) is 8.26. The fourth-order valence-corrected chi connectivity index (χ4v) is 2.93. The number of nitrogens with one attached hydrogen (secondary N) is 1. The van der Waals surface area contributed by atoms with Gasteiger partial charge in [0, 0.05) is 18.4 Å². The number of ether oxygens (including phenoxy) is 2. The van der Waals surface area contributed by atoms with E-state index in [1.54, 1.807) is 0 Å². The van der Waals surface area contributed by atoms with Crippen LogP contribution < -0.4 is 14.8 Å². The molecule has 0 bridgehead atoms. The first-order valence-corrected chi connectivity index (χ1v) is 8.26. The van der Waals surface area contributed by atoms with E-state index in [0.29, 0.717) is 19.5 Å². The summed E-state index contributed by atoms with van der Waals surface area (Å²) in [6.07, 6.45) is 2.22. The van der Waals surface area contributed by atoms with Gasteiger partial charge in [-0.2, -0.15) is 5.10 Å². The number of nitrogens with zero attached hydrogens (tertiary/aromatic N) is 2. The van der Waals surface area contributed by atoms with Crippen molar-refractivity contribution in [3.05, 3.63) is 53.7 Å². The Morgan fingerprint density at radius 1 is 1.20 bits per heavy atom. The molecule has 0 aliphatic carbocycles. The highest BCUT2D eigenvalue weighted by atomic mass is 16.7. The summed E-state index contributed by atoms with van der Waals surface area (Å²) in [6, 6.07) is 11.9. The Hall–Kier alpha value is -3.02. The summed E-state index contributed by atoms with van der Waals surface area (Å²) in [4.78, 5) is 12.1. The van der Waals surface area contributed by atoms with Crippen molar-refractivity contribution >= 4 is 16.8 Å². The van der Waals surface area contributed by atoms with Crippen LogP contribution in [0.2, 0.25) is 0 Å². The molecule has 1 aromatic heterocycles. The van der Waals surface area contributed by atoms with Crippen LogP contribution in [0.5, 0.6) is 11.5 Å². The largest absolute Gasteiger partial charge is 0.454 e. The molecule has 0 unspecified atom stereocenters. The van der Waals surface area contributed by atoms with E-state index in [0.717, 1.165) is 28.0 Å². The lowest BCUT2D eigenvalue weighted by Gasteiger charge is -2.07. The number of carbonyl (C=O) groups excluding carboxylic acids is 1. The molecule has 0 spiro atoms. The lowest BCUT2D eigenvalue weighted by atomic mass is 10.2. The van der Waals surface area contributed by atoms with Crippen molar-refractivity contribution in [1.29, 1.82) is 0 Å². The van der Waals surface area contributed by atoms with Crippen molar-refractivity contribution in [2.75, 3.05) is 6.79 Å². The van der Waals surface area contributed by atoms with E-state index in [1.165, 1.54) is 5.56 Å². The molecule has 0 radical (unpaired) electrons. The molecular formula is C19H19N3O3. The van der Waals surface area contributed by atoms with E-state index in [4.69, 9.17) is 9.47 Å². The number of carbonyl (C=O) groups is 1. The molecule has 4 rings (SSSR count). The van der Waals surface area contributed by atoms with Crippen LogP contribution in [-0.2, 0) is 17.9 Å². The van der Waals surface area contributed by atoms with Gasteiger partial charge in [-0.25, -0.2) is 0 Å². The molecule has 3 aromatic rings. The third-order valence-corrected chi connectivity index (χ3v) is 4.27. The van der Waals surface area contributed by atoms with E-state index in [9.17, 15) is 4.79 Å². The first-order chi connectivity index (χ1) is 12.2. The molecule has 0 atom stereocenters. The standard InChI is InChI=1S/C19H19N3O3/c1-13-2-4-16-15(8-13)11-21-22(16)7-6-19(23)20-10-14-3-5-17-18(9-14)25-12-24-17/h2-5,8-9,11H,6-7,10,12H2,1H3,(H,20,23). The molecule has 1 aliphatic heterocycles. The van der Waals surface area contributed by atoms with E-state index >= 15 is 0 Å².